The molecule has 30 heavy (non-hydrogen) atoms. The predicted octanol–water partition coefficient (Wildman–Crippen LogP) is 6.59. The first-order valence-electron chi connectivity index (χ1n) is 12.7. The van der Waals surface area contributed by atoms with Gasteiger partial charge in [0.25, 0.3) is 0 Å². The summed E-state index contributed by atoms with van der Waals surface area (Å²) in [6.45, 7) is 14.3. The number of fused-ring (bicyclic) bond motifs is 5. The lowest BCUT2D eigenvalue weighted by molar-refractivity contribution is -0.119. The van der Waals surface area contributed by atoms with E-state index in [2.05, 4.69) is 53.7 Å². The summed E-state index contributed by atoms with van der Waals surface area (Å²) >= 11 is 0. The summed E-state index contributed by atoms with van der Waals surface area (Å²) in [7, 11) is 0. The van der Waals surface area contributed by atoms with E-state index in [9.17, 15) is 9.90 Å². The number of carbonyl (C=O) groups is 1. The van der Waals surface area contributed by atoms with Gasteiger partial charge in [0.15, 0.2) is 5.78 Å². The fraction of sp³-hybridized carbons (Fsp3) is 0.821. The van der Waals surface area contributed by atoms with E-state index in [1.807, 2.05) is 6.08 Å². The Labute approximate surface area is 184 Å². The molecule has 2 nitrogen and oxygen atoms in total. The van der Waals surface area contributed by atoms with Crippen LogP contribution in [-0.2, 0) is 4.79 Å². The molecule has 0 radical (unpaired) electrons. The average Bonchev–Trinajstić information content (AvgIpc) is 3.04. The van der Waals surface area contributed by atoms with Crippen molar-refractivity contribution in [1.29, 1.82) is 0 Å². The molecular weight excluding hydrogens is 368 g/mol. The van der Waals surface area contributed by atoms with Gasteiger partial charge in [-0.3, -0.25) is 4.79 Å². The molecule has 0 saturated heterocycles. The lowest BCUT2D eigenvalue weighted by Gasteiger charge is -2.59. The highest BCUT2D eigenvalue weighted by Crippen LogP contribution is 2.67. The lowest BCUT2D eigenvalue weighted by atomic mass is 9.46. The SMILES string of the molecule is CC(C)[C@H](C)/C=C/[C@@H](C)C1CCC2C3C[C@H](O)C4=CC(=O)CC[C@]4(C)C3CC[C@@]21C. The third-order valence-electron chi connectivity index (χ3n) is 10.5. The number of aliphatic hydroxyl groups excluding tert-OH is 1. The van der Waals surface area contributed by atoms with Gasteiger partial charge in [-0.1, -0.05) is 53.7 Å². The summed E-state index contributed by atoms with van der Waals surface area (Å²) in [6.07, 6.45) is 14.1. The first-order valence-corrected chi connectivity index (χ1v) is 12.7. The summed E-state index contributed by atoms with van der Waals surface area (Å²) in [5, 5.41) is 11.1. The summed E-state index contributed by atoms with van der Waals surface area (Å²) in [5.41, 5.74) is 1.50. The molecule has 0 aromatic carbocycles. The Morgan fingerprint density at radius 1 is 1.03 bits per heavy atom. The molecule has 0 aliphatic heterocycles. The molecule has 0 amide bonds. The zero-order chi connectivity index (χ0) is 21.8. The zero-order valence-electron chi connectivity index (χ0n) is 20.2. The van der Waals surface area contributed by atoms with Gasteiger partial charge in [0.1, 0.15) is 0 Å². The summed E-state index contributed by atoms with van der Waals surface area (Å²) < 4.78 is 0. The molecule has 1 N–H and O–H groups in total. The van der Waals surface area contributed by atoms with Crippen LogP contribution >= 0.6 is 0 Å². The van der Waals surface area contributed by atoms with E-state index < -0.39 is 6.10 Å². The molecule has 4 rings (SSSR count). The average molecular weight is 413 g/mol. The molecular formula is C28H44O2. The van der Waals surface area contributed by atoms with Crippen LogP contribution in [0.5, 0.6) is 0 Å². The quantitative estimate of drug-likeness (QED) is 0.529. The number of ketones is 1. The molecule has 0 aromatic heterocycles. The van der Waals surface area contributed by atoms with Gasteiger partial charge in [-0.25, -0.2) is 0 Å². The highest BCUT2D eigenvalue weighted by Gasteiger charge is 2.60. The van der Waals surface area contributed by atoms with Crippen molar-refractivity contribution in [2.24, 2.45) is 52.3 Å². The Bertz CT molecular complexity index is 733. The molecule has 4 aliphatic carbocycles. The summed E-state index contributed by atoms with van der Waals surface area (Å²) in [4.78, 5) is 12.1. The zero-order valence-corrected chi connectivity index (χ0v) is 20.2. The molecule has 9 atom stereocenters. The van der Waals surface area contributed by atoms with Crippen molar-refractivity contribution >= 4 is 5.78 Å². The summed E-state index contributed by atoms with van der Waals surface area (Å²) in [5.74, 6) is 4.93. The molecule has 0 spiro atoms. The van der Waals surface area contributed by atoms with Crippen molar-refractivity contribution in [3.63, 3.8) is 0 Å². The first kappa shape index (κ1) is 22.3. The third kappa shape index (κ3) is 3.46. The van der Waals surface area contributed by atoms with Crippen LogP contribution in [0, 0.1) is 52.3 Å². The Kier molecular flexibility index (Phi) is 5.88. The Hall–Kier alpha value is -0.890. The fourth-order valence-electron chi connectivity index (χ4n) is 8.22. The molecule has 3 fully saturated rings. The van der Waals surface area contributed by atoms with Crippen molar-refractivity contribution in [2.75, 3.05) is 0 Å². The summed E-state index contributed by atoms with van der Waals surface area (Å²) in [6, 6.07) is 0. The molecule has 2 heteroatoms. The topological polar surface area (TPSA) is 37.3 Å². The number of hydrogen-bond donors (Lipinski definition) is 1. The minimum Gasteiger partial charge on any atom is -0.389 e. The van der Waals surface area contributed by atoms with E-state index in [0.717, 1.165) is 30.3 Å². The number of allylic oxidation sites excluding steroid dienone is 2. The smallest absolute Gasteiger partial charge is 0.155 e. The fourth-order valence-corrected chi connectivity index (χ4v) is 8.22. The second-order valence-corrected chi connectivity index (χ2v) is 12.2. The van der Waals surface area contributed by atoms with Crippen LogP contribution < -0.4 is 0 Å². The van der Waals surface area contributed by atoms with Gasteiger partial charge in [-0.05, 0) is 102 Å². The molecule has 4 unspecified atom stereocenters. The van der Waals surface area contributed by atoms with Crippen LogP contribution in [0.15, 0.2) is 23.8 Å². The van der Waals surface area contributed by atoms with Crippen LogP contribution in [0.1, 0.15) is 86.5 Å². The predicted molar refractivity (Wildman–Crippen MR) is 124 cm³/mol. The minimum absolute atomic E-state index is 0.0356. The van der Waals surface area contributed by atoms with Gasteiger partial charge in [0, 0.05) is 6.42 Å². The second kappa shape index (κ2) is 7.91. The van der Waals surface area contributed by atoms with E-state index in [4.69, 9.17) is 0 Å². The van der Waals surface area contributed by atoms with Crippen LogP contribution in [0.2, 0.25) is 0 Å². The van der Waals surface area contributed by atoms with E-state index in [1.54, 1.807) is 0 Å². The molecule has 4 aliphatic rings. The molecule has 0 aromatic rings. The Morgan fingerprint density at radius 2 is 1.77 bits per heavy atom. The number of hydrogen-bond acceptors (Lipinski definition) is 2. The second-order valence-electron chi connectivity index (χ2n) is 12.2. The van der Waals surface area contributed by atoms with Gasteiger partial charge >= 0.3 is 0 Å². The van der Waals surface area contributed by atoms with Gasteiger partial charge in [0.05, 0.1) is 6.10 Å². The number of aliphatic hydroxyl groups is 1. The maximum absolute atomic E-state index is 12.1. The van der Waals surface area contributed by atoms with Crippen LogP contribution in [0.25, 0.3) is 0 Å². The van der Waals surface area contributed by atoms with Crippen molar-refractivity contribution in [2.45, 2.75) is 92.6 Å². The molecule has 0 bridgehead atoms. The Morgan fingerprint density at radius 3 is 2.47 bits per heavy atom. The highest BCUT2D eigenvalue weighted by atomic mass is 16.3. The largest absolute Gasteiger partial charge is 0.389 e. The maximum Gasteiger partial charge on any atom is 0.155 e. The molecule has 0 heterocycles. The van der Waals surface area contributed by atoms with Gasteiger partial charge in [-0.15, -0.1) is 0 Å². The number of carbonyl (C=O) groups excluding carboxylic acids is 1. The van der Waals surface area contributed by atoms with Crippen molar-refractivity contribution < 1.29 is 9.90 Å². The standard InChI is InChI=1S/C28H44O2/c1-17(2)18(3)7-8-19(4)22-9-10-23-21-16-26(30)25-15-20(29)11-13-28(25,6)24(21)12-14-27(22,23)5/h7-8,15,17-19,21-24,26,30H,9-14,16H2,1-6H3/b8-7+/t18-,19-,21?,22?,23?,24?,26+,27-,28-/m1/s1. The monoisotopic (exact) mass is 412 g/mol. The van der Waals surface area contributed by atoms with E-state index in [0.29, 0.717) is 41.4 Å². The minimum atomic E-state index is -0.411. The number of rotatable bonds is 4. The van der Waals surface area contributed by atoms with E-state index in [-0.39, 0.29) is 11.2 Å². The van der Waals surface area contributed by atoms with Gasteiger partial charge < -0.3 is 5.11 Å². The third-order valence-corrected chi connectivity index (χ3v) is 10.5. The lowest BCUT2D eigenvalue weighted by Crippen LogP contribution is -2.54. The van der Waals surface area contributed by atoms with Crippen molar-refractivity contribution in [1.82, 2.24) is 0 Å². The Balaban J connectivity index is 1.56. The van der Waals surface area contributed by atoms with Crippen molar-refractivity contribution in [3.8, 4) is 0 Å². The van der Waals surface area contributed by atoms with Gasteiger partial charge in [0.2, 0.25) is 0 Å². The van der Waals surface area contributed by atoms with E-state index >= 15 is 0 Å². The molecule has 3 saturated carbocycles. The van der Waals surface area contributed by atoms with Crippen LogP contribution in [0.3, 0.4) is 0 Å². The van der Waals surface area contributed by atoms with Crippen molar-refractivity contribution in [3.05, 3.63) is 23.8 Å². The first-order chi connectivity index (χ1) is 14.1. The van der Waals surface area contributed by atoms with Gasteiger partial charge in [-0.2, -0.15) is 0 Å². The van der Waals surface area contributed by atoms with E-state index in [1.165, 1.54) is 25.7 Å². The normalized spacial score (nSPS) is 45.7. The maximum atomic E-state index is 12.1. The highest BCUT2D eigenvalue weighted by molar-refractivity contribution is 5.91. The molecule has 168 valence electrons. The van der Waals surface area contributed by atoms with Crippen LogP contribution in [-0.4, -0.2) is 17.0 Å². The van der Waals surface area contributed by atoms with Crippen LogP contribution in [0.4, 0.5) is 0 Å².